The van der Waals surface area contributed by atoms with Gasteiger partial charge in [0, 0.05) is 0 Å². The molecule has 1 heterocycles. The summed E-state index contributed by atoms with van der Waals surface area (Å²) in [5.41, 5.74) is -0.309. The highest BCUT2D eigenvalue weighted by molar-refractivity contribution is 5.26. The zero-order chi connectivity index (χ0) is 7.03. The van der Waals surface area contributed by atoms with Crippen LogP contribution in [0.15, 0.2) is 12.0 Å². The highest BCUT2D eigenvalue weighted by Gasteiger charge is 2.50. The molecule has 2 rings (SSSR count). The van der Waals surface area contributed by atoms with E-state index in [1.165, 1.54) is 0 Å². The lowest BCUT2D eigenvalue weighted by molar-refractivity contribution is 0.0723. The van der Waals surface area contributed by atoms with Crippen LogP contribution >= 0.6 is 0 Å². The Morgan fingerprint density at radius 3 is 2.80 bits per heavy atom. The summed E-state index contributed by atoms with van der Waals surface area (Å²) < 4.78 is 9.94. The molecule has 2 aliphatic rings. The van der Waals surface area contributed by atoms with Gasteiger partial charge in [-0.05, 0) is 12.8 Å². The normalized spacial score (nSPS) is 25.7. The fraction of sp³-hybridized carbons (Fsp3) is 0.571. The van der Waals surface area contributed by atoms with Gasteiger partial charge in [0.25, 0.3) is 0 Å². The molecule has 52 valence electrons. The molecule has 1 aliphatic carbocycles. The summed E-state index contributed by atoms with van der Waals surface area (Å²) in [6.07, 6.45) is 3.38. The minimum absolute atomic E-state index is 0.277. The predicted octanol–water partition coefficient (Wildman–Crippen LogP) is 1.14. The Morgan fingerprint density at radius 2 is 2.40 bits per heavy atom. The average Bonchev–Trinajstić information content (AvgIpc) is 2.58. The van der Waals surface area contributed by atoms with E-state index in [4.69, 9.17) is 14.7 Å². The summed E-state index contributed by atoms with van der Waals surface area (Å²) in [5, 5.41) is 8.69. The van der Waals surface area contributed by atoms with Crippen LogP contribution in [-0.4, -0.2) is 6.79 Å². The minimum atomic E-state index is -0.309. The van der Waals surface area contributed by atoms with Crippen LogP contribution in [0.1, 0.15) is 12.8 Å². The average molecular weight is 137 g/mol. The van der Waals surface area contributed by atoms with Crippen molar-refractivity contribution in [2.45, 2.75) is 12.8 Å². The molecule has 1 saturated carbocycles. The van der Waals surface area contributed by atoms with Crippen molar-refractivity contribution in [3.63, 3.8) is 0 Å². The van der Waals surface area contributed by atoms with E-state index < -0.39 is 0 Å². The maximum atomic E-state index is 8.69. The van der Waals surface area contributed by atoms with Crippen LogP contribution in [0.4, 0.5) is 0 Å². The first kappa shape index (κ1) is 5.60. The highest BCUT2D eigenvalue weighted by Crippen LogP contribution is 2.52. The van der Waals surface area contributed by atoms with Gasteiger partial charge >= 0.3 is 0 Å². The molecular formula is C7H7NO2. The van der Waals surface area contributed by atoms with E-state index in [9.17, 15) is 0 Å². The summed E-state index contributed by atoms with van der Waals surface area (Å²) in [5.74, 6) is 0.718. The molecule has 0 aromatic carbocycles. The van der Waals surface area contributed by atoms with Crippen LogP contribution in [-0.2, 0) is 9.47 Å². The lowest BCUT2D eigenvalue weighted by atomic mass is 10.1. The number of hydrogen-bond acceptors (Lipinski definition) is 3. The predicted molar refractivity (Wildman–Crippen MR) is 32.4 cm³/mol. The zero-order valence-electron chi connectivity index (χ0n) is 5.46. The van der Waals surface area contributed by atoms with Crippen LogP contribution < -0.4 is 0 Å². The number of nitriles is 1. The van der Waals surface area contributed by atoms with Gasteiger partial charge in [-0.25, -0.2) is 0 Å². The third-order valence-corrected chi connectivity index (χ3v) is 1.91. The van der Waals surface area contributed by atoms with Gasteiger partial charge in [0.2, 0.25) is 6.79 Å². The van der Waals surface area contributed by atoms with Crippen molar-refractivity contribution < 1.29 is 9.47 Å². The van der Waals surface area contributed by atoms with E-state index in [-0.39, 0.29) is 12.2 Å². The van der Waals surface area contributed by atoms with E-state index in [1.807, 2.05) is 0 Å². The van der Waals surface area contributed by atoms with Crippen LogP contribution in [0.25, 0.3) is 0 Å². The third-order valence-electron chi connectivity index (χ3n) is 1.91. The quantitative estimate of drug-likeness (QED) is 0.544. The third kappa shape index (κ3) is 0.590. The Balaban J connectivity index is 2.19. The molecule has 10 heavy (non-hydrogen) atoms. The van der Waals surface area contributed by atoms with Crippen molar-refractivity contribution >= 4 is 0 Å². The summed E-state index contributed by atoms with van der Waals surface area (Å²) in [4.78, 5) is 0. The largest absolute Gasteiger partial charge is 0.462 e. The van der Waals surface area contributed by atoms with Crippen LogP contribution in [0, 0.1) is 16.7 Å². The van der Waals surface area contributed by atoms with E-state index in [2.05, 4.69) is 6.07 Å². The van der Waals surface area contributed by atoms with Crippen molar-refractivity contribution in [2.24, 2.45) is 5.41 Å². The second kappa shape index (κ2) is 1.66. The van der Waals surface area contributed by atoms with Crippen molar-refractivity contribution in [1.82, 2.24) is 0 Å². The van der Waals surface area contributed by atoms with E-state index in [1.54, 1.807) is 6.26 Å². The highest BCUT2D eigenvalue weighted by atomic mass is 16.7. The van der Waals surface area contributed by atoms with Gasteiger partial charge in [0.05, 0.1) is 6.07 Å². The minimum Gasteiger partial charge on any atom is -0.462 e. The van der Waals surface area contributed by atoms with Crippen LogP contribution in [0.5, 0.6) is 0 Å². The second-order valence-electron chi connectivity index (χ2n) is 2.60. The number of ether oxygens (including phenoxy) is 2. The van der Waals surface area contributed by atoms with E-state index in [0.717, 1.165) is 18.6 Å². The van der Waals surface area contributed by atoms with Crippen molar-refractivity contribution in [1.29, 1.82) is 5.26 Å². The molecule has 3 heteroatoms. The Kier molecular flexibility index (Phi) is 0.930. The zero-order valence-corrected chi connectivity index (χ0v) is 5.46. The monoisotopic (exact) mass is 137 g/mol. The molecule has 1 aliphatic heterocycles. The molecule has 0 bridgehead atoms. The fourth-order valence-corrected chi connectivity index (χ4v) is 1.03. The molecule has 0 aromatic rings. The Bertz CT molecular complexity index is 222. The van der Waals surface area contributed by atoms with Crippen molar-refractivity contribution in [3.8, 4) is 6.07 Å². The van der Waals surface area contributed by atoms with Gasteiger partial charge in [0.1, 0.15) is 11.7 Å². The number of allylic oxidation sites excluding steroid dienone is 1. The molecule has 0 amide bonds. The maximum absolute atomic E-state index is 8.69. The molecule has 0 unspecified atom stereocenters. The van der Waals surface area contributed by atoms with E-state index in [0.29, 0.717) is 0 Å². The molecule has 0 atom stereocenters. The van der Waals surface area contributed by atoms with Gasteiger partial charge in [-0.15, -0.1) is 0 Å². The second-order valence-corrected chi connectivity index (χ2v) is 2.60. The summed E-state index contributed by atoms with van der Waals surface area (Å²) in [6, 6.07) is 2.22. The first-order valence-corrected chi connectivity index (χ1v) is 3.24. The molecule has 0 saturated heterocycles. The maximum Gasteiger partial charge on any atom is 0.229 e. The lowest BCUT2D eigenvalue weighted by Gasteiger charge is -2.02. The molecule has 0 aromatic heterocycles. The van der Waals surface area contributed by atoms with Gasteiger partial charge in [-0.2, -0.15) is 5.26 Å². The topological polar surface area (TPSA) is 42.2 Å². The van der Waals surface area contributed by atoms with E-state index >= 15 is 0 Å². The lowest BCUT2D eigenvalue weighted by Crippen LogP contribution is -2.01. The smallest absolute Gasteiger partial charge is 0.229 e. The standard InChI is InChI=1S/C7H7NO2/c8-4-7(1-2-7)6-3-9-5-10-6/h3H,1-2,5H2. The van der Waals surface area contributed by atoms with Gasteiger partial charge < -0.3 is 9.47 Å². The molecular weight excluding hydrogens is 130 g/mol. The van der Waals surface area contributed by atoms with Crippen molar-refractivity contribution in [3.05, 3.63) is 12.0 Å². The molecule has 1 fully saturated rings. The Morgan fingerprint density at radius 1 is 1.60 bits per heavy atom. The Labute approximate surface area is 58.8 Å². The van der Waals surface area contributed by atoms with Crippen LogP contribution in [0.3, 0.4) is 0 Å². The SMILES string of the molecule is N#CC1(C2=COCO2)CC1. The summed E-state index contributed by atoms with van der Waals surface area (Å²) in [7, 11) is 0. The molecule has 0 N–H and O–H groups in total. The first-order chi connectivity index (χ1) is 4.87. The van der Waals surface area contributed by atoms with Crippen LogP contribution in [0.2, 0.25) is 0 Å². The molecule has 3 nitrogen and oxygen atoms in total. The van der Waals surface area contributed by atoms with Gasteiger partial charge in [0.15, 0.2) is 5.76 Å². The summed E-state index contributed by atoms with van der Waals surface area (Å²) in [6.45, 7) is 0.277. The molecule has 0 radical (unpaired) electrons. The summed E-state index contributed by atoms with van der Waals surface area (Å²) >= 11 is 0. The molecule has 0 spiro atoms. The van der Waals surface area contributed by atoms with Gasteiger partial charge in [-0.3, -0.25) is 0 Å². The van der Waals surface area contributed by atoms with Crippen molar-refractivity contribution in [2.75, 3.05) is 6.79 Å². The van der Waals surface area contributed by atoms with Gasteiger partial charge in [-0.1, -0.05) is 0 Å². The first-order valence-electron chi connectivity index (χ1n) is 3.24. The fourth-order valence-electron chi connectivity index (χ4n) is 1.03. The Hall–Kier alpha value is -1.17. The number of nitrogens with zero attached hydrogens (tertiary/aromatic N) is 1. The number of hydrogen-bond donors (Lipinski definition) is 0. The number of rotatable bonds is 1.